The van der Waals surface area contributed by atoms with Gasteiger partial charge in [-0.3, -0.25) is 0 Å². The van der Waals surface area contributed by atoms with Gasteiger partial charge in [0, 0.05) is 42.1 Å². The predicted octanol–water partition coefficient (Wildman–Crippen LogP) is 12.5. The maximum atomic E-state index is 6.50. The molecule has 0 aliphatic carbocycles. The van der Waals surface area contributed by atoms with E-state index in [9.17, 15) is 0 Å². The van der Waals surface area contributed by atoms with Crippen LogP contribution in [0.5, 0.6) is 0 Å². The topological polar surface area (TPSA) is 51.8 Å². The number of thiophene rings is 1. The molecule has 0 radical (unpaired) electrons. The van der Waals surface area contributed by atoms with E-state index in [0.29, 0.717) is 17.5 Å². The molecule has 0 amide bonds. The summed E-state index contributed by atoms with van der Waals surface area (Å²) in [6.07, 6.45) is 0. The minimum atomic E-state index is 0.567. The second kappa shape index (κ2) is 11.6. The van der Waals surface area contributed by atoms with Gasteiger partial charge in [-0.15, -0.1) is 11.3 Å². The molecule has 0 saturated carbocycles. The fourth-order valence-corrected chi connectivity index (χ4v) is 8.25. The first kappa shape index (κ1) is 28.6. The fourth-order valence-electron chi connectivity index (χ4n) is 7.12. The van der Waals surface area contributed by atoms with Crippen molar-refractivity contribution in [2.75, 3.05) is 0 Å². The van der Waals surface area contributed by atoms with Crippen LogP contribution in [-0.2, 0) is 0 Å². The molecule has 5 heteroatoms. The summed E-state index contributed by atoms with van der Waals surface area (Å²) in [6, 6.07) is 56.8. The van der Waals surface area contributed by atoms with Gasteiger partial charge >= 0.3 is 0 Å². The van der Waals surface area contributed by atoms with E-state index in [2.05, 4.69) is 133 Å². The highest BCUT2D eigenvalue weighted by Gasteiger charge is 2.21. The van der Waals surface area contributed by atoms with Crippen LogP contribution >= 0.6 is 11.3 Å². The van der Waals surface area contributed by atoms with Crippen LogP contribution in [0.3, 0.4) is 0 Å². The normalized spacial score (nSPS) is 11.6. The van der Waals surface area contributed by atoms with Crippen LogP contribution in [0.25, 0.3) is 98.5 Å². The molecule has 0 N–H and O–H groups in total. The minimum Gasteiger partial charge on any atom is -0.455 e. The number of aromatic nitrogens is 3. The van der Waals surface area contributed by atoms with Gasteiger partial charge in [0.15, 0.2) is 17.5 Å². The zero-order valence-corrected chi connectivity index (χ0v) is 27.6. The number of fused-ring (bicyclic) bond motifs is 6. The molecule has 4 nitrogen and oxygen atoms in total. The Kier molecular flexibility index (Phi) is 6.64. The molecule has 0 unspecified atom stereocenters. The maximum Gasteiger partial charge on any atom is 0.167 e. The van der Waals surface area contributed by atoms with Crippen LogP contribution in [0, 0.1) is 0 Å². The first-order chi connectivity index (χ1) is 24.8. The van der Waals surface area contributed by atoms with E-state index in [1.165, 1.54) is 14.8 Å². The van der Waals surface area contributed by atoms with Gasteiger partial charge in [-0.1, -0.05) is 140 Å². The van der Waals surface area contributed by atoms with E-state index in [1.807, 2.05) is 30.3 Å². The summed E-state index contributed by atoms with van der Waals surface area (Å²) < 4.78 is 8.94. The Hall–Kier alpha value is -6.43. The van der Waals surface area contributed by atoms with E-state index < -0.39 is 0 Å². The summed E-state index contributed by atoms with van der Waals surface area (Å²) in [4.78, 5) is 15.8. The Bertz CT molecular complexity index is 2890. The Balaban J connectivity index is 1.26. The summed E-state index contributed by atoms with van der Waals surface area (Å²) in [6.45, 7) is 0. The Morgan fingerprint density at radius 2 is 0.880 bits per heavy atom. The zero-order valence-electron chi connectivity index (χ0n) is 26.7. The van der Waals surface area contributed by atoms with Gasteiger partial charge in [-0.25, -0.2) is 15.0 Å². The Morgan fingerprint density at radius 3 is 1.70 bits per heavy atom. The van der Waals surface area contributed by atoms with Crippen molar-refractivity contribution in [1.29, 1.82) is 0 Å². The van der Waals surface area contributed by atoms with Crippen molar-refractivity contribution < 1.29 is 4.42 Å². The van der Waals surface area contributed by atoms with E-state index in [4.69, 9.17) is 19.4 Å². The van der Waals surface area contributed by atoms with Crippen LogP contribution in [0.1, 0.15) is 0 Å². The largest absolute Gasteiger partial charge is 0.455 e. The monoisotopic (exact) mass is 657 g/mol. The number of benzene rings is 7. The SMILES string of the molecule is c1ccc(-c2ccccc2-c2ccccc2-c2nc(-c3cccc4c3oc3ccccc34)nc(-c3cccc4sc5ccccc5c34)n2)cc1. The number of para-hydroxylation sites is 2. The molecule has 0 aliphatic rings. The first-order valence-corrected chi connectivity index (χ1v) is 17.4. The van der Waals surface area contributed by atoms with Gasteiger partial charge in [-0.2, -0.15) is 0 Å². The third-order valence-electron chi connectivity index (χ3n) is 9.39. The third-order valence-corrected chi connectivity index (χ3v) is 10.5. The van der Waals surface area contributed by atoms with Gasteiger partial charge < -0.3 is 4.42 Å². The van der Waals surface area contributed by atoms with Crippen LogP contribution in [-0.4, -0.2) is 15.0 Å². The lowest BCUT2D eigenvalue weighted by Gasteiger charge is -2.15. The summed E-state index contributed by atoms with van der Waals surface area (Å²) >= 11 is 1.79. The minimum absolute atomic E-state index is 0.567. The molecule has 0 spiro atoms. The fraction of sp³-hybridized carbons (Fsp3) is 0. The number of rotatable bonds is 5. The van der Waals surface area contributed by atoms with Gasteiger partial charge in [0.05, 0.1) is 5.56 Å². The summed E-state index contributed by atoms with van der Waals surface area (Å²) in [7, 11) is 0. The van der Waals surface area contributed by atoms with Crippen molar-refractivity contribution in [2.24, 2.45) is 0 Å². The molecule has 3 aromatic heterocycles. The van der Waals surface area contributed by atoms with E-state index in [1.54, 1.807) is 11.3 Å². The molecular formula is C45H27N3OS. The smallest absolute Gasteiger partial charge is 0.167 e. The molecule has 7 aromatic carbocycles. The van der Waals surface area contributed by atoms with Crippen LogP contribution in [0.2, 0.25) is 0 Å². The van der Waals surface area contributed by atoms with Gasteiger partial charge in [-0.05, 0) is 46.5 Å². The first-order valence-electron chi connectivity index (χ1n) is 16.6. The summed E-state index contributed by atoms with van der Waals surface area (Å²) in [5.74, 6) is 1.80. The molecule has 0 saturated heterocycles. The molecule has 0 bridgehead atoms. The maximum absolute atomic E-state index is 6.50. The molecule has 0 fully saturated rings. The number of furan rings is 1. The highest BCUT2D eigenvalue weighted by molar-refractivity contribution is 7.25. The summed E-state index contributed by atoms with van der Waals surface area (Å²) in [5.41, 5.74) is 8.80. The number of hydrogen-bond donors (Lipinski definition) is 0. The second-order valence-corrected chi connectivity index (χ2v) is 13.4. The van der Waals surface area contributed by atoms with Crippen LogP contribution < -0.4 is 0 Å². The van der Waals surface area contributed by atoms with Crippen LogP contribution in [0.4, 0.5) is 0 Å². The van der Waals surface area contributed by atoms with Gasteiger partial charge in [0.2, 0.25) is 0 Å². The van der Waals surface area contributed by atoms with E-state index in [-0.39, 0.29) is 0 Å². The number of hydrogen-bond acceptors (Lipinski definition) is 5. The molecule has 3 heterocycles. The van der Waals surface area contributed by atoms with Crippen LogP contribution in [0.15, 0.2) is 168 Å². The molecule has 10 aromatic rings. The average Bonchev–Trinajstić information content (AvgIpc) is 3.77. The lowest BCUT2D eigenvalue weighted by molar-refractivity contribution is 0.669. The molecule has 234 valence electrons. The van der Waals surface area contributed by atoms with Crippen molar-refractivity contribution in [1.82, 2.24) is 15.0 Å². The highest BCUT2D eigenvalue weighted by atomic mass is 32.1. The molecule has 50 heavy (non-hydrogen) atoms. The third kappa shape index (κ3) is 4.63. The van der Waals surface area contributed by atoms with E-state index in [0.717, 1.165) is 66.3 Å². The van der Waals surface area contributed by atoms with Crippen molar-refractivity contribution in [3.63, 3.8) is 0 Å². The molecule has 0 atom stereocenters. The number of nitrogens with zero attached hydrogens (tertiary/aromatic N) is 3. The molecule has 0 aliphatic heterocycles. The van der Waals surface area contributed by atoms with E-state index >= 15 is 0 Å². The summed E-state index contributed by atoms with van der Waals surface area (Å²) in [5, 5.41) is 4.45. The van der Waals surface area contributed by atoms with Crippen molar-refractivity contribution in [3.05, 3.63) is 164 Å². The second-order valence-electron chi connectivity index (χ2n) is 12.3. The van der Waals surface area contributed by atoms with Crippen molar-refractivity contribution in [2.45, 2.75) is 0 Å². The average molecular weight is 658 g/mol. The van der Waals surface area contributed by atoms with Crippen molar-refractivity contribution in [3.8, 4) is 56.4 Å². The lowest BCUT2D eigenvalue weighted by atomic mass is 9.91. The quantitative estimate of drug-likeness (QED) is 0.185. The highest BCUT2D eigenvalue weighted by Crippen LogP contribution is 2.42. The lowest BCUT2D eigenvalue weighted by Crippen LogP contribution is -2.01. The Labute approximate surface area is 292 Å². The van der Waals surface area contributed by atoms with Gasteiger partial charge in [0.25, 0.3) is 0 Å². The standard InChI is InChI=1S/C45H27N3OS/c1-2-14-28(15-3-1)29-16-4-5-17-30(29)31-18-6-7-20-34(31)43-46-44(36-23-13-27-40-41(36)35-21-9-11-26-39(35)50-40)48-45(47-43)37-24-12-22-33-32-19-8-10-25-38(32)49-42(33)37/h1-27H. The molecule has 10 rings (SSSR count). The zero-order chi connectivity index (χ0) is 33.0. The molecular weight excluding hydrogens is 631 g/mol. The predicted molar refractivity (Wildman–Crippen MR) is 207 cm³/mol. The van der Waals surface area contributed by atoms with Gasteiger partial charge in [0.1, 0.15) is 11.2 Å². The van der Waals surface area contributed by atoms with Crippen molar-refractivity contribution >= 4 is 53.4 Å². The Morgan fingerprint density at radius 1 is 0.360 bits per heavy atom.